The summed E-state index contributed by atoms with van der Waals surface area (Å²) in [4.78, 5) is 13.6. The lowest BCUT2D eigenvalue weighted by molar-refractivity contribution is -0.118. The average Bonchev–Trinajstić information content (AvgIpc) is 3.27. The zero-order valence-electron chi connectivity index (χ0n) is 18.9. The molecule has 6 rings (SSSR count). The smallest absolute Gasteiger partial charge is 0.162 e. The van der Waals surface area contributed by atoms with Gasteiger partial charge in [-0.05, 0) is 64.6 Å². The molecule has 4 aromatic rings. The van der Waals surface area contributed by atoms with E-state index in [1.54, 1.807) is 6.07 Å². The first-order valence-electron chi connectivity index (χ1n) is 11.4. The molecule has 2 aliphatic rings. The van der Waals surface area contributed by atoms with Crippen LogP contribution in [0.1, 0.15) is 44.1 Å². The monoisotopic (exact) mass is 487 g/mol. The Morgan fingerprint density at radius 3 is 2.50 bits per heavy atom. The Morgan fingerprint density at radius 1 is 0.941 bits per heavy atom. The molecule has 0 amide bonds. The summed E-state index contributed by atoms with van der Waals surface area (Å²) < 4.78 is 6.30. The van der Waals surface area contributed by atoms with Gasteiger partial charge < -0.3 is 9.73 Å². The number of benzene rings is 3. The zero-order valence-corrected chi connectivity index (χ0v) is 20.4. The van der Waals surface area contributed by atoms with Gasteiger partial charge in [0, 0.05) is 38.9 Å². The van der Waals surface area contributed by atoms with Crippen molar-refractivity contribution in [1.29, 1.82) is 0 Å². The molecular formula is C29H23Cl2NO2. The fourth-order valence-electron chi connectivity index (χ4n) is 5.41. The molecule has 1 N–H and O–H groups in total. The number of carbonyl (C=O) groups is 1. The van der Waals surface area contributed by atoms with Gasteiger partial charge in [0.05, 0.1) is 0 Å². The molecule has 0 fully saturated rings. The minimum atomic E-state index is -0.351. The summed E-state index contributed by atoms with van der Waals surface area (Å²) >= 11 is 12.4. The van der Waals surface area contributed by atoms with Crippen LogP contribution in [0.5, 0.6) is 0 Å². The number of ketones is 1. The maximum Gasteiger partial charge on any atom is 0.162 e. The highest BCUT2D eigenvalue weighted by atomic mass is 35.5. The predicted molar refractivity (Wildman–Crippen MR) is 139 cm³/mol. The standard InChI is InChI=1S/C29H23Cl2NO2/c1-29(2)14-21-26-20-6-4-3-5-16(20)7-8-22(26)32-28(27(21)23(33)15-29)25-10-9-24(34-25)17-11-18(30)13-19(31)12-17/h3-13,28,32H,14-15H2,1-2H3/t28-/m0/s1. The number of fused-ring (bicyclic) bond motifs is 4. The predicted octanol–water partition coefficient (Wildman–Crippen LogP) is 8.72. The third-order valence-corrected chi connectivity index (χ3v) is 7.23. The van der Waals surface area contributed by atoms with Crippen molar-refractivity contribution in [3.05, 3.63) is 93.7 Å². The number of anilines is 1. The molecule has 34 heavy (non-hydrogen) atoms. The first kappa shape index (κ1) is 21.5. The summed E-state index contributed by atoms with van der Waals surface area (Å²) in [7, 11) is 0. The van der Waals surface area contributed by atoms with Gasteiger partial charge in [-0.1, -0.05) is 67.4 Å². The van der Waals surface area contributed by atoms with E-state index in [-0.39, 0.29) is 17.2 Å². The molecule has 0 unspecified atom stereocenters. The lowest BCUT2D eigenvalue weighted by Crippen LogP contribution is -2.33. The van der Waals surface area contributed by atoms with Crippen molar-refractivity contribution in [3.8, 4) is 11.3 Å². The quantitative estimate of drug-likeness (QED) is 0.307. The Kier molecular flexibility index (Phi) is 4.91. The number of carbonyl (C=O) groups excluding carboxylic acids is 1. The fraction of sp³-hybridized carbons (Fsp3) is 0.207. The minimum absolute atomic E-state index is 0.0993. The highest BCUT2D eigenvalue weighted by Gasteiger charge is 2.41. The molecule has 2 heterocycles. The van der Waals surface area contributed by atoms with Crippen LogP contribution in [0.3, 0.4) is 0 Å². The van der Waals surface area contributed by atoms with Gasteiger partial charge in [-0.15, -0.1) is 0 Å². The molecule has 0 saturated carbocycles. The van der Waals surface area contributed by atoms with Gasteiger partial charge in [-0.25, -0.2) is 0 Å². The average molecular weight is 488 g/mol. The second kappa shape index (κ2) is 7.76. The first-order valence-corrected chi connectivity index (χ1v) is 12.2. The van der Waals surface area contributed by atoms with Crippen molar-refractivity contribution >= 4 is 51.0 Å². The molecule has 0 saturated heterocycles. The van der Waals surface area contributed by atoms with Crippen LogP contribution < -0.4 is 5.32 Å². The minimum Gasteiger partial charge on any atom is -0.459 e. The Balaban J connectivity index is 1.53. The molecule has 1 atom stereocenters. The van der Waals surface area contributed by atoms with E-state index in [0.29, 0.717) is 28.0 Å². The Bertz CT molecular complexity index is 1490. The van der Waals surface area contributed by atoms with E-state index < -0.39 is 0 Å². The molecule has 0 bridgehead atoms. The topological polar surface area (TPSA) is 42.2 Å². The SMILES string of the molecule is CC1(C)CC(=O)C2=C(C1)c1c(ccc3ccccc13)N[C@H]2c1ccc(-c2cc(Cl)cc(Cl)c2)o1. The molecule has 1 aromatic heterocycles. The third kappa shape index (κ3) is 3.55. The molecule has 0 radical (unpaired) electrons. The lowest BCUT2D eigenvalue weighted by atomic mass is 9.68. The van der Waals surface area contributed by atoms with E-state index in [4.69, 9.17) is 27.6 Å². The Morgan fingerprint density at radius 2 is 1.71 bits per heavy atom. The van der Waals surface area contributed by atoms with Gasteiger partial charge in [0.1, 0.15) is 17.6 Å². The van der Waals surface area contributed by atoms with E-state index in [0.717, 1.165) is 39.8 Å². The molecule has 1 aliphatic carbocycles. The molecule has 3 nitrogen and oxygen atoms in total. The number of nitrogens with one attached hydrogen (secondary N) is 1. The highest BCUT2D eigenvalue weighted by molar-refractivity contribution is 6.35. The summed E-state index contributed by atoms with van der Waals surface area (Å²) in [5, 5.41) is 7.05. The molecular weight excluding hydrogens is 465 g/mol. The largest absolute Gasteiger partial charge is 0.459 e. The number of furan rings is 1. The number of hydrogen-bond acceptors (Lipinski definition) is 3. The summed E-state index contributed by atoms with van der Waals surface area (Å²) in [6, 6.07) is 21.4. The normalized spacial score (nSPS) is 19.1. The number of rotatable bonds is 2. The van der Waals surface area contributed by atoms with Gasteiger partial charge in [-0.2, -0.15) is 0 Å². The van der Waals surface area contributed by atoms with E-state index in [1.165, 1.54) is 5.39 Å². The maximum atomic E-state index is 13.6. The van der Waals surface area contributed by atoms with Crippen LogP contribution in [0.4, 0.5) is 5.69 Å². The third-order valence-electron chi connectivity index (χ3n) is 6.80. The summed E-state index contributed by atoms with van der Waals surface area (Å²) in [5.41, 5.74) is 4.80. The molecule has 3 aromatic carbocycles. The Labute approximate surface area is 208 Å². The lowest BCUT2D eigenvalue weighted by Gasteiger charge is -2.39. The van der Waals surface area contributed by atoms with E-state index in [2.05, 4.69) is 49.5 Å². The van der Waals surface area contributed by atoms with Crippen molar-refractivity contribution < 1.29 is 9.21 Å². The van der Waals surface area contributed by atoms with Crippen LogP contribution in [0, 0.1) is 5.41 Å². The van der Waals surface area contributed by atoms with E-state index >= 15 is 0 Å². The maximum absolute atomic E-state index is 13.6. The second-order valence-electron chi connectivity index (χ2n) is 9.98. The summed E-state index contributed by atoms with van der Waals surface area (Å²) in [6.07, 6.45) is 1.35. The molecule has 170 valence electrons. The first-order chi connectivity index (χ1) is 16.3. The Hall–Kier alpha value is -3.01. The van der Waals surface area contributed by atoms with Crippen molar-refractivity contribution in [2.24, 2.45) is 5.41 Å². The van der Waals surface area contributed by atoms with Gasteiger partial charge in [0.25, 0.3) is 0 Å². The summed E-state index contributed by atoms with van der Waals surface area (Å²) in [5.74, 6) is 1.53. The summed E-state index contributed by atoms with van der Waals surface area (Å²) in [6.45, 7) is 4.34. The zero-order chi connectivity index (χ0) is 23.6. The van der Waals surface area contributed by atoms with Crippen molar-refractivity contribution in [2.75, 3.05) is 5.32 Å². The van der Waals surface area contributed by atoms with E-state index in [1.807, 2.05) is 30.3 Å². The highest BCUT2D eigenvalue weighted by Crippen LogP contribution is 2.52. The number of halogens is 2. The van der Waals surface area contributed by atoms with Crippen LogP contribution in [-0.2, 0) is 4.79 Å². The van der Waals surface area contributed by atoms with Crippen LogP contribution in [0.15, 0.2) is 76.7 Å². The molecule has 5 heteroatoms. The van der Waals surface area contributed by atoms with Crippen LogP contribution in [0.25, 0.3) is 27.7 Å². The molecule has 0 spiro atoms. The molecule has 1 aliphatic heterocycles. The van der Waals surface area contributed by atoms with Crippen LogP contribution in [-0.4, -0.2) is 5.78 Å². The van der Waals surface area contributed by atoms with Gasteiger partial charge in [0.2, 0.25) is 0 Å². The van der Waals surface area contributed by atoms with E-state index in [9.17, 15) is 4.79 Å². The van der Waals surface area contributed by atoms with Crippen molar-refractivity contribution in [1.82, 2.24) is 0 Å². The number of hydrogen-bond donors (Lipinski definition) is 1. The number of Topliss-reactive ketones (excluding diaryl/α,β-unsaturated/α-hetero) is 1. The van der Waals surface area contributed by atoms with Crippen molar-refractivity contribution in [2.45, 2.75) is 32.7 Å². The number of allylic oxidation sites excluding steroid dienone is 1. The fourth-order valence-corrected chi connectivity index (χ4v) is 5.94. The van der Waals surface area contributed by atoms with Crippen molar-refractivity contribution in [3.63, 3.8) is 0 Å². The van der Waals surface area contributed by atoms with Gasteiger partial charge in [0.15, 0.2) is 5.78 Å². The van der Waals surface area contributed by atoms with Crippen LogP contribution in [0.2, 0.25) is 10.0 Å². The van der Waals surface area contributed by atoms with Gasteiger partial charge >= 0.3 is 0 Å². The second-order valence-corrected chi connectivity index (χ2v) is 10.9. The van der Waals surface area contributed by atoms with Gasteiger partial charge in [-0.3, -0.25) is 4.79 Å². The van der Waals surface area contributed by atoms with Crippen LogP contribution >= 0.6 is 23.2 Å².